The van der Waals surface area contributed by atoms with Crippen LogP contribution in [0.3, 0.4) is 0 Å². The summed E-state index contributed by atoms with van der Waals surface area (Å²) in [5, 5.41) is 0. The van der Waals surface area contributed by atoms with Gasteiger partial charge in [0.25, 0.3) is 0 Å². The largest absolute Gasteiger partial charge is 0.448 e. The summed E-state index contributed by atoms with van der Waals surface area (Å²) in [6.45, 7) is 3.30. The Hall–Kier alpha value is -2.79. The van der Waals surface area contributed by atoms with Crippen molar-refractivity contribution in [2.24, 2.45) is 0 Å². The molecule has 5 heteroatoms. The van der Waals surface area contributed by atoms with Crippen LogP contribution in [0.15, 0.2) is 77.3 Å². The lowest BCUT2D eigenvalue weighted by atomic mass is 9.98. The van der Waals surface area contributed by atoms with Gasteiger partial charge in [-0.15, -0.1) is 0 Å². The van der Waals surface area contributed by atoms with E-state index in [9.17, 15) is 4.79 Å². The molecular weight excluding hydrogens is 440 g/mol. The summed E-state index contributed by atoms with van der Waals surface area (Å²) >= 11 is 3.62. The first kappa shape index (κ1) is 19.2. The molecule has 152 valence electrons. The lowest BCUT2D eigenvalue weighted by molar-refractivity contribution is 0.0977. The average molecular weight is 463 g/mol. The number of hydrogen-bond acceptors (Lipinski definition) is 3. The van der Waals surface area contributed by atoms with Crippen molar-refractivity contribution in [3.8, 4) is 11.1 Å². The molecular formula is C25H23BrN2O2. The Morgan fingerprint density at radius 3 is 2.03 bits per heavy atom. The molecule has 1 saturated heterocycles. The van der Waals surface area contributed by atoms with Crippen LogP contribution in [0.4, 0.5) is 10.5 Å². The quantitative estimate of drug-likeness (QED) is 0.513. The Morgan fingerprint density at radius 1 is 0.833 bits per heavy atom. The van der Waals surface area contributed by atoms with E-state index in [4.69, 9.17) is 4.74 Å². The number of carbonyl (C=O) groups excluding carboxylic acids is 1. The Morgan fingerprint density at radius 2 is 1.40 bits per heavy atom. The molecule has 2 aliphatic rings. The first-order valence-electron chi connectivity index (χ1n) is 10.3. The summed E-state index contributed by atoms with van der Waals surface area (Å²) in [6, 6.07) is 25.0. The maximum absolute atomic E-state index is 12.8. The number of benzene rings is 3. The molecule has 0 bridgehead atoms. The first-order chi connectivity index (χ1) is 14.7. The zero-order valence-corrected chi connectivity index (χ0v) is 18.2. The van der Waals surface area contributed by atoms with Crippen molar-refractivity contribution >= 4 is 27.7 Å². The molecule has 0 saturated carbocycles. The highest BCUT2D eigenvalue weighted by molar-refractivity contribution is 9.10. The summed E-state index contributed by atoms with van der Waals surface area (Å²) < 4.78 is 6.89. The number of para-hydroxylation sites is 1. The molecule has 4 nitrogen and oxygen atoms in total. The van der Waals surface area contributed by atoms with Crippen molar-refractivity contribution in [3.63, 3.8) is 0 Å². The maximum Gasteiger partial charge on any atom is 0.409 e. The number of amides is 1. The molecule has 0 aromatic heterocycles. The Labute approximate surface area is 185 Å². The fourth-order valence-corrected chi connectivity index (χ4v) is 5.06. The van der Waals surface area contributed by atoms with E-state index in [1.54, 1.807) is 0 Å². The van der Waals surface area contributed by atoms with Gasteiger partial charge in [-0.25, -0.2) is 4.79 Å². The van der Waals surface area contributed by atoms with Gasteiger partial charge in [0.1, 0.15) is 6.61 Å². The second-order valence-electron chi connectivity index (χ2n) is 7.73. The van der Waals surface area contributed by atoms with Crippen molar-refractivity contribution < 1.29 is 9.53 Å². The van der Waals surface area contributed by atoms with E-state index in [1.165, 1.54) is 27.9 Å². The lowest BCUT2D eigenvalue weighted by Crippen LogP contribution is -2.49. The van der Waals surface area contributed by atoms with Gasteiger partial charge in [-0.05, 0) is 50.3 Å². The summed E-state index contributed by atoms with van der Waals surface area (Å²) in [5.41, 5.74) is 6.15. The minimum Gasteiger partial charge on any atom is -0.448 e. The van der Waals surface area contributed by atoms with Gasteiger partial charge in [0, 0.05) is 36.6 Å². The van der Waals surface area contributed by atoms with Crippen molar-refractivity contribution in [1.29, 1.82) is 0 Å². The van der Waals surface area contributed by atoms with Gasteiger partial charge in [-0.2, -0.15) is 0 Å². The van der Waals surface area contributed by atoms with E-state index in [0.717, 1.165) is 17.6 Å². The molecule has 0 spiro atoms. The Bertz CT molecular complexity index is 1030. The normalized spacial score (nSPS) is 15.6. The molecule has 3 aromatic carbocycles. The van der Waals surface area contributed by atoms with Crippen LogP contribution in [0, 0.1) is 0 Å². The van der Waals surface area contributed by atoms with Crippen LogP contribution in [-0.2, 0) is 4.74 Å². The van der Waals surface area contributed by atoms with Crippen molar-refractivity contribution in [2.75, 3.05) is 37.7 Å². The standard InChI is InChI=1S/C25H23BrN2O2/c26-23-11-5-6-12-24(23)27-13-15-28(16-14-27)25(29)30-17-22-20-9-3-1-7-18(20)19-8-2-4-10-21(19)22/h1-12,22H,13-17H2. The smallest absolute Gasteiger partial charge is 0.409 e. The molecule has 0 unspecified atom stereocenters. The van der Waals surface area contributed by atoms with E-state index in [1.807, 2.05) is 23.1 Å². The number of fused-ring (bicyclic) bond motifs is 3. The third-order valence-electron chi connectivity index (χ3n) is 6.07. The fraction of sp³-hybridized carbons (Fsp3) is 0.240. The predicted octanol–water partition coefficient (Wildman–Crippen LogP) is 5.52. The molecule has 1 heterocycles. The maximum atomic E-state index is 12.8. The van der Waals surface area contributed by atoms with Crippen LogP contribution < -0.4 is 4.90 Å². The molecule has 0 radical (unpaired) electrons. The second kappa shape index (κ2) is 8.15. The van der Waals surface area contributed by atoms with Gasteiger partial charge in [-0.3, -0.25) is 0 Å². The van der Waals surface area contributed by atoms with Gasteiger partial charge >= 0.3 is 6.09 Å². The number of halogens is 1. The van der Waals surface area contributed by atoms with Gasteiger partial charge in [-0.1, -0.05) is 60.7 Å². The second-order valence-corrected chi connectivity index (χ2v) is 8.58. The van der Waals surface area contributed by atoms with Gasteiger partial charge in [0.2, 0.25) is 0 Å². The van der Waals surface area contributed by atoms with E-state index in [-0.39, 0.29) is 12.0 Å². The van der Waals surface area contributed by atoms with Gasteiger partial charge < -0.3 is 14.5 Å². The highest BCUT2D eigenvalue weighted by Gasteiger charge is 2.30. The summed E-state index contributed by atoms with van der Waals surface area (Å²) in [4.78, 5) is 16.9. The number of carbonyl (C=O) groups is 1. The van der Waals surface area contributed by atoms with E-state index >= 15 is 0 Å². The molecule has 0 atom stereocenters. The molecule has 1 aliphatic carbocycles. The van der Waals surface area contributed by atoms with Gasteiger partial charge in [0.05, 0.1) is 5.69 Å². The Kier molecular flexibility index (Phi) is 5.21. The summed E-state index contributed by atoms with van der Waals surface area (Å²) in [6.07, 6.45) is -0.219. The van der Waals surface area contributed by atoms with Crippen molar-refractivity contribution in [2.45, 2.75) is 5.92 Å². The van der Waals surface area contributed by atoms with Crippen LogP contribution in [-0.4, -0.2) is 43.8 Å². The SMILES string of the molecule is O=C(OCC1c2ccccc2-c2ccccc21)N1CCN(c2ccccc2Br)CC1. The minimum atomic E-state index is -0.219. The highest BCUT2D eigenvalue weighted by Crippen LogP contribution is 2.44. The molecule has 5 rings (SSSR count). The number of rotatable bonds is 3. The molecule has 1 aliphatic heterocycles. The van der Waals surface area contributed by atoms with Crippen LogP contribution in [0.25, 0.3) is 11.1 Å². The number of nitrogens with zero attached hydrogens (tertiary/aromatic N) is 2. The number of anilines is 1. The minimum absolute atomic E-state index is 0.0999. The number of piperazine rings is 1. The Balaban J connectivity index is 1.23. The van der Waals surface area contributed by atoms with E-state index in [2.05, 4.69) is 75.4 Å². The van der Waals surface area contributed by atoms with Gasteiger partial charge in [0.15, 0.2) is 0 Å². The fourth-order valence-electron chi connectivity index (χ4n) is 4.52. The number of hydrogen-bond donors (Lipinski definition) is 0. The number of ether oxygens (including phenoxy) is 1. The third kappa shape index (κ3) is 3.47. The molecule has 3 aromatic rings. The van der Waals surface area contributed by atoms with E-state index < -0.39 is 0 Å². The van der Waals surface area contributed by atoms with E-state index in [0.29, 0.717) is 19.7 Å². The molecule has 1 fully saturated rings. The predicted molar refractivity (Wildman–Crippen MR) is 123 cm³/mol. The van der Waals surface area contributed by atoms with Crippen LogP contribution >= 0.6 is 15.9 Å². The van der Waals surface area contributed by atoms with Crippen LogP contribution in [0.1, 0.15) is 17.0 Å². The molecule has 1 amide bonds. The van der Waals surface area contributed by atoms with Crippen LogP contribution in [0.2, 0.25) is 0 Å². The lowest BCUT2D eigenvalue weighted by Gasteiger charge is -2.36. The third-order valence-corrected chi connectivity index (χ3v) is 6.74. The monoisotopic (exact) mass is 462 g/mol. The zero-order chi connectivity index (χ0) is 20.5. The van der Waals surface area contributed by atoms with Crippen molar-refractivity contribution in [3.05, 3.63) is 88.4 Å². The molecule has 30 heavy (non-hydrogen) atoms. The summed E-state index contributed by atoms with van der Waals surface area (Å²) in [7, 11) is 0. The van der Waals surface area contributed by atoms with Crippen LogP contribution in [0.5, 0.6) is 0 Å². The average Bonchev–Trinajstić information content (AvgIpc) is 3.12. The first-order valence-corrected chi connectivity index (χ1v) is 11.1. The molecule has 0 N–H and O–H groups in total. The van der Waals surface area contributed by atoms with Crippen molar-refractivity contribution in [1.82, 2.24) is 4.90 Å². The topological polar surface area (TPSA) is 32.8 Å². The highest BCUT2D eigenvalue weighted by atomic mass is 79.9. The zero-order valence-electron chi connectivity index (χ0n) is 16.6. The summed E-state index contributed by atoms with van der Waals surface area (Å²) in [5.74, 6) is 0.0999.